The average Bonchev–Trinajstić information content (AvgIpc) is 3.90. The first-order valence-electron chi connectivity index (χ1n) is 20.8. The Labute approximate surface area is 357 Å². The first-order chi connectivity index (χ1) is 30.7. The normalized spacial score (nSPS) is 11.5. The third-order valence-corrected chi connectivity index (χ3v) is 11.9. The Morgan fingerprint density at radius 2 is 0.742 bits per heavy atom. The molecule has 0 unspecified atom stereocenters. The molecule has 0 atom stereocenters. The van der Waals surface area contributed by atoms with Gasteiger partial charge in [-0.2, -0.15) is 0 Å². The minimum atomic E-state index is 0.587. The summed E-state index contributed by atoms with van der Waals surface area (Å²) in [5.41, 5.74) is 14.7. The molecule has 290 valence electrons. The van der Waals surface area contributed by atoms with Gasteiger partial charge in [-0.1, -0.05) is 164 Å². The van der Waals surface area contributed by atoms with Crippen LogP contribution in [0, 0.1) is 0 Å². The fourth-order valence-electron chi connectivity index (χ4n) is 8.85. The lowest BCUT2D eigenvalue weighted by Gasteiger charge is -2.10. The number of rotatable bonds is 7. The Balaban J connectivity index is 1.01. The second kappa shape index (κ2) is 14.7. The number of furan rings is 1. The second-order valence-electron chi connectivity index (χ2n) is 15.6. The van der Waals surface area contributed by atoms with Crippen molar-refractivity contribution in [2.75, 3.05) is 0 Å². The monoisotopic (exact) mass is 792 g/mol. The van der Waals surface area contributed by atoms with E-state index in [1.165, 1.54) is 27.4 Å². The van der Waals surface area contributed by atoms with Gasteiger partial charge in [-0.25, -0.2) is 15.0 Å². The van der Waals surface area contributed by atoms with Gasteiger partial charge in [0.1, 0.15) is 11.2 Å². The van der Waals surface area contributed by atoms with Gasteiger partial charge in [0.15, 0.2) is 17.5 Å². The first-order valence-corrected chi connectivity index (χ1v) is 20.8. The van der Waals surface area contributed by atoms with Gasteiger partial charge >= 0.3 is 0 Å². The molecule has 0 bridgehead atoms. The smallest absolute Gasteiger partial charge is 0.164 e. The molecule has 0 aliphatic rings. The zero-order chi connectivity index (χ0) is 41.0. The SMILES string of the molecule is c1ccc(-c2ccc(-c3nc(-c4ccccc4)nc(-c4cccc5oc6ccc(-c7ccc8c(c7)c7cc(-c9ccccc9)ccc7n8-c7ccccc7)cc6c45)n3)cc2)cc1. The number of para-hydroxylation sites is 1. The van der Waals surface area contributed by atoms with Crippen LogP contribution in [-0.4, -0.2) is 19.5 Å². The van der Waals surface area contributed by atoms with Crippen molar-refractivity contribution in [1.29, 1.82) is 0 Å². The van der Waals surface area contributed by atoms with Crippen molar-refractivity contribution in [2.24, 2.45) is 0 Å². The van der Waals surface area contributed by atoms with Crippen LogP contribution < -0.4 is 0 Å². The standard InChI is InChI=1S/C57H36N4O/c1-5-14-37(15-6-1)39-24-26-41(27-25-39)56-58-55(40-18-9-3-10-19-40)59-57(60-56)46-22-13-23-53-54(46)49-36-44(30-33-52(49)62-53)43-29-32-51-48(35-43)47-34-42(38-16-7-2-8-17-38)28-31-50(47)61(51)45-20-11-4-12-21-45/h1-36H. The lowest BCUT2D eigenvalue weighted by Crippen LogP contribution is -2.00. The molecule has 0 aliphatic carbocycles. The summed E-state index contributed by atoms with van der Waals surface area (Å²) in [4.78, 5) is 15.3. The van der Waals surface area contributed by atoms with Gasteiger partial charge in [0.05, 0.1) is 11.0 Å². The molecule has 0 N–H and O–H groups in total. The number of aromatic nitrogens is 4. The fraction of sp³-hybridized carbons (Fsp3) is 0. The van der Waals surface area contributed by atoms with Gasteiger partial charge in [0, 0.05) is 43.9 Å². The lowest BCUT2D eigenvalue weighted by atomic mass is 9.98. The fourth-order valence-corrected chi connectivity index (χ4v) is 8.85. The molecule has 62 heavy (non-hydrogen) atoms. The number of benzene rings is 9. The van der Waals surface area contributed by atoms with Gasteiger partial charge < -0.3 is 8.98 Å². The molecule has 0 fully saturated rings. The number of hydrogen-bond acceptors (Lipinski definition) is 4. The van der Waals surface area contributed by atoms with Crippen molar-refractivity contribution < 1.29 is 4.42 Å². The molecule has 3 aromatic heterocycles. The van der Waals surface area contributed by atoms with Gasteiger partial charge in [-0.3, -0.25) is 0 Å². The van der Waals surface area contributed by atoms with E-state index in [0.717, 1.165) is 72.1 Å². The minimum absolute atomic E-state index is 0.587. The quantitative estimate of drug-likeness (QED) is 0.161. The number of hydrogen-bond donors (Lipinski definition) is 0. The Bertz CT molecular complexity index is 3600. The minimum Gasteiger partial charge on any atom is -0.456 e. The van der Waals surface area contributed by atoms with Crippen LogP contribution in [0.2, 0.25) is 0 Å². The molecular formula is C57H36N4O. The average molecular weight is 793 g/mol. The molecule has 0 spiro atoms. The molecule has 0 radical (unpaired) electrons. The summed E-state index contributed by atoms with van der Waals surface area (Å²) < 4.78 is 8.92. The molecule has 0 aliphatic heterocycles. The van der Waals surface area contributed by atoms with Crippen LogP contribution in [0.1, 0.15) is 0 Å². The molecular weight excluding hydrogens is 757 g/mol. The van der Waals surface area contributed by atoms with Crippen molar-refractivity contribution in [3.8, 4) is 73.2 Å². The zero-order valence-corrected chi connectivity index (χ0v) is 33.5. The summed E-state index contributed by atoms with van der Waals surface area (Å²) in [5.74, 6) is 1.81. The highest BCUT2D eigenvalue weighted by Gasteiger charge is 2.20. The van der Waals surface area contributed by atoms with E-state index >= 15 is 0 Å². The predicted molar refractivity (Wildman–Crippen MR) is 254 cm³/mol. The first kappa shape index (κ1) is 35.5. The maximum absolute atomic E-state index is 6.55. The third-order valence-electron chi connectivity index (χ3n) is 11.9. The van der Waals surface area contributed by atoms with Crippen LogP contribution >= 0.6 is 0 Å². The van der Waals surface area contributed by atoms with Crippen molar-refractivity contribution in [2.45, 2.75) is 0 Å². The van der Waals surface area contributed by atoms with Gasteiger partial charge in [-0.05, 0) is 88.0 Å². The molecule has 12 rings (SSSR count). The Morgan fingerprint density at radius 3 is 1.35 bits per heavy atom. The van der Waals surface area contributed by atoms with E-state index in [1.807, 2.05) is 48.5 Å². The summed E-state index contributed by atoms with van der Waals surface area (Å²) in [6.07, 6.45) is 0. The second-order valence-corrected chi connectivity index (χ2v) is 15.6. The summed E-state index contributed by atoms with van der Waals surface area (Å²) in [5, 5.41) is 4.37. The highest BCUT2D eigenvalue weighted by atomic mass is 16.3. The maximum Gasteiger partial charge on any atom is 0.164 e. The lowest BCUT2D eigenvalue weighted by molar-refractivity contribution is 0.669. The van der Waals surface area contributed by atoms with Crippen LogP contribution in [-0.2, 0) is 0 Å². The Hall–Kier alpha value is -8.41. The van der Waals surface area contributed by atoms with Crippen LogP contribution in [0.15, 0.2) is 223 Å². The van der Waals surface area contributed by atoms with Gasteiger partial charge in [-0.15, -0.1) is 0 Å². The molecule has 0 saturated heterocycles. The summed E-state index contributed by atoms with van der Waals surface area (Å²) in [6, 6.07) is 76.4. The van der Waals surface area contributed by atoms with Crippen LogP contribution in [0.25, 0.3) is 117 Å². The molecule has 5 nitrogen and oxygen atoms in total. The Morgan fingerprint density at radius 1 is 0.306 bits per heavy atom. The largest absolute Gasteiger partial charge is 0.456 e. The summed E-state index contributed by atoms with van der Waals surface area (Å²) >= 11 is 0. The molecule has 12 aromatic rings. The highest BCUT2D eigenvalue weighted by molar-refractivity contribution is 6.14. The van der Waals surface area contributed by atoms with Crippen molar-refractivity contribution >= 4 is 43.7 Å². The van der Waals surface area contributed by atoms with E-state index in [-0.39, 0.29) is 0 Å². The molecule has 0 saturated carbocycles. The Kier molecular flexibility index (Phi) is 8.42. The summed E-state index contributed by atoms with van der Waals surface area (Å²) in [6.45, 7) is 0. The van der Waals surface area contributed by atoms with Crippen LogP contribution in [0.3, 0.4) is 0 Å². The molecule has 3 heterocycles. The third kappa shape index (κ3) is 6.14. The van der Waals surface area contributed by atoms with Gasteiger partial charge in [0.25, 0.3) is 0 Å². The van der Waals surface area contributed by atoms with Crippen LogP contribution in [0.4, 0.5) is 0 Å². The molecule has 9 aromatic carbocycles. The van der Waals surface area contributed by atoms with E-state index in [2.05, 4.69) is 174 Å². The van der Waals surface area contributed by atoms with Gasteiger partial charge in [0.2, 0.25) is 0 Å². The highest BCUT2D eigenvalue weighted by Crippen LogP contribution is 2.41. The van der Waals surface area contributed by atoms with E-state index in [0.29, 0.717) is 17.5 Å². The van der Waals surface area contributed by atoms with Crippen molar-refractivity contribution in [1.82, 2.24) is 19.5 Å². The summed E-state index contributed by atoms with van der Waals surface area (Å²) in [7, 11) is 0. The predicted octanol–water partition coefficient (Wildman–Crippen LogP) is 14.9. The van der Waals surface area contributed by atoms with E-state index in [9.17, 15) is 0 Å². The van der Waals surface area contributed by atoms with E-state index in [4.69, 9.17) is 19.4 Å². The number of fused-ring (bicyclic) bond motifs is 6. The van der Waals surface area contributed by atoms with Crippen molar-refractivity contribution in [3.63, 3.8) is 0 Å². The molecule has 5 heteroatoms. The number of nitrogens with zero attached hydrogens (tertiary/aromatic N) is 4. The van der Waals surface area contributed by atoms with E-state index < -0.39 is 0 Å². The molecule has 0 amide bonds. The zero-order valence-electron chi connectivity index (χ0n) is 33.5. The van der Waals surface area contributed by atoms with Crippen LogP contribution in [0.5, 0.6) is 0 Å². The maximum atomic E-state index is 6.55. The van der Waals surface area contributed by atoms with E-state index in [1.54, 1.807) is 0 Å². The van der Waals surface area contributed by atoms with Crippen molar-refractivity contribution in [3.05, 3.63) is 218 Å². The topological polar surface area (TPSA) is 56.7 Å².